The van der Waals surface area contributed by atoms with E-state index in [9.17, 15) is 4.79 Å². The number of piperidine rings is 2. The molecule has 3 nitrogen and oxygen atoms in total. The number of nitrogens with one attached hydrogen (secondary N) is 1. The van der Waals surface area contributed by atoms with E-state index >= 15 is 0 Å². The molecule has 3 rings (SSSR count). The molecule has 1 aliphatic carbocycles. The van der Waals surface area contributed by atoms with E-state index < -0.39 is 0 Å². The summed E-state index contributed by atoms with van der Waals surface area (Å²) in [5, 5.41) is 3.16. The standard InChI is InChI=1S/C14H24N2O/c1-10(17)15-13-8-11-4-2-6-16-7-3-5-12(9-13)14(11)16/h11-14H,2-9H2,1H3,(H,15,17)/t11-,12-,13?,14?/m0/s1. The lowest BCUT2D eigenvalue weighted by molar-refractivity contribution is -0.120. The fourth-order valence-corrected chi connectivity index (χ4v) is 4.59. The summed E-state index contributed by atoms with van der Waals surface area (Å²) in [6.07, 6.45) is 7.93. The van der Waals surface area contributed by atoms with Crippen LogP contribution in [0.2, 0.25) is 0 Å². The highest BCUT2D eigenvalue weighted by Crippen LogP contribution is 2.43. The minimum absolute atomic E-state index is 0.150. The molecule has 1 N–H and O–H groups in total. The van der Waals surface area contributed by atoms with Gasteiger partial charge < -0.3 is 5.32 Å². The van der Waals surface area contributed by atoms with Crippen molar-refractivity contribution < 1.29 is 4.79 Å². The van der Waals surface area contributed by atoms with Gasteiger partial charge in [-0.3, -0.25) is 9.69 Å². The molecule has 3 heteroatoms. The molecule has 1 amide bonds. The minimum Gasteiger partial charge on any atom is -0.354 e. The summed E-state index contributed by atoms with van der Waals surface area (Å²) >= 11 is 0. The zero-order chi connectivity index (χ0) is 11.8. The van der Waals surface area contributed by atoms with E-state index in [1.54, 1.807) is 6.92 Å². The number of amides is 1. The molecule has 0 aromatic rings. The van der Waals surface area contributed by atoms with Crippen LogP contribution in [0.15, 0.2) is 0 Å². The largest absolute Gasteiger partial charge is 0.354 e. The highest BCUT2D eigenvalue weighted by molar-refractivity contribution is 5.73. The molecule has 0 aromatic carbocycles. The van der Waals surface area contributed by atoms with Crippen molar-refractivity contribution in [3.8, 4) is 0 Å². The highest BCUT2D eigenvalue weighted by atomic mass is 16.1. The van der Waals surface area contributed by atoms with Crippen molar-refractivity contribution in [2.75, 3.05) is 13.1 Å². The molecular weight excluding hydrogens is 212 g/mol. The van der Waals surface area contributed by atoms with Gasteiger partial charge >= 0.3 is 0 Å². The molecule has 2 heterocycles. The van der Waals surface area contributed by atoms with Crippen LogP contribution in [0.25, 0.3) is 0 Å². The summed E-state index contributed by atoms with van der Waals surface area (Å²) in [4.78, 5) is 14.0. The van der Waals surface area contributed by atoms with Gasteiger partial charge in [-0.05, 0) is 63.5 Å². The van der Waals surface area contributed by atoms with Gasteiger partial charge in [-0.25, -0.2) is 0 Å². The smallest absolute Gasteiger partial charge is 0.217 e. The lowest BCUT2D eigenvalue weighted by atomic mass is 9.67. The molecule has 0 unspecified atom stereocenters. The van der Waals surface area contributed by atoms with Gasteiger partial charge in [-0.2, -0.15) is 0 Å². The molecule has 0 radical (unpaired) electrons. The summed E-state index contributed by atoms with van der Waals surface area (Å²) in [5.41, 5.74) is 0. The number of hydrogen-bond donors (Lipinski definition) is 1. The summed E-state index contributed by atoms with van der Waals surface area (Å²) < 4.78 is 0. The van der Waals surface area contributed by atoms with E-state index in [-0.39, 0.29) is 5.91 Å². The van der Waals surface area contributed by atoms with Crippen molar-refractivity contribution in [1.82, 2.24) is 10.2 Å². The molecule has 2 atom stereocenters. The van der Waals surface area contributed by atoms with Crippen molar-refractivity contribution in [2.45, 2.75) is 57.5 Å². The molecule has 3 fully saturated rings. The fraction of sp³-hybridized carbons (Fsp3) is 0.929. The topological polar surface area (TPSA) is 32.3 Å². The minimum atomic E-state index is 0.150. The average Bonchev–Trinajstić information content (AvgIpc) is 2.28. The van der Waals surface area contributed by atoms with Gasteiger partial charge in [0.15, 0.2) is 0 Å². The van der Waals surface area contributed by atoms with Crippen molar-refractivity contribution in [1.29, 1.82) is 0 Å². The lowest BCUT2D eigenvalue weighted by Crippen LogP contribution is -2.58. The maximum Gasteiger partial charge on any atom is 0.217 e. The van der Waals surface area contributed by atoms with E-state index in [1.165, 1.54) is 51.6 Å². The van der Waals surface area contributed by atoms with Gasteiger partial charge in [0.1, 0.15) is 0 Å². The first-order chi connectivity index (χ1) is 8.24. The Balaban J connectivity index is 1.72. The Morgan fingerprint density at radius 2 is 1.71 bits per heavy atom. The molecule has 3 aliphatic rings. The summed E-state index contributed by atoms with van der Waals surface area (Å²) in [6.45, 7) is 4.30. The lowest BCUT2D eigenvalue weighted by Gasteiger charge is -2.53. The van der Waals surface area contributed by atoms with Crippen LogP contribution in [-0.2, 0) is 4.79 Å². The SMILES string of the molecule is CC(=O)NC1C[C@@H]2CCCN3CCC[C@@H](C1)C23. The fourth-order valence-electron chi connectivity index (χ4n) is 4.59. The zero-order valence-corrected chi connectivity index (χ0v) is 10.8. The van der Waals surface area contributed by atoms with Crippen LogP contribution in [-0.4, -0.2) is 36.0 Å². The predicted molar refractivity (Wildman–Crippen MR) is 67.6 cm³/mol. The van der Waals surface area contributed by atoms with E-state index in [2.05, 4.69) is 10.2 Å². The Hall–Kier alpha value is -0.570. The number of carbonyl (C=O) groups is 1. The molecule has 2 aliphatic heterocycles. The Bertz CT molecular complexity index is 285. The summed E-state index contributed by atoms with van der Waals surface area (Å²) in [5.74, 6) is 1.84. The van der Waals surface area contributed by atoms with E-state index in [4.69, 9.17) is 0 Å². The molecule has 1 saturated carbocycles. The van der Waals surface area contributed by atoms with Crippen LogP contribution in [0.1, 0.15) is 45.4 Å². The van der Waals surface area contributed by atoms with Crippen LogP contribution in [0.3, 0.4) is 0 Å². The second-order valence-corrected chi connectivity index (χ2v) is 6.20. The second kappa shape index (κ2) is 4.60. The number of hydrogen-bond acceptors (Lipinski definition) is 2. The Labute approximate surface area is 104 Å². The van der Waals surface area contributed by atoms with Gasteiger partial charge in [0.2, 0.25) is 5.91 Å². The average molecular weight is 236 g/mol. The number of rotatable bonds is 1. The third-order valence-corrected chi connectivity index (χ3v) is 5.01. The monoisotopic (exact) mass is 236 g/mol. The van der Waals surface area contributed by atoms with E-state index in [0.29, 0.717) is 6.04 Å². The molecule has 0 aromatic heterocycles. The second-order valence-electron chi connectivity index (χ2n) is 6.20. The molecule has 0 spiro atoms. The van der Waals surface area contributed by atoms with Gasteiger partial charge in [-0.1, -0.05) is 0 Å². The maximum absolute atomic E-state index is 11.2. The first-order valence-electron chi connectivity index (χ1n) is 7.25. The Kier molecular flexibility index (Phi) is 3.12. The summed E-state index contributed by atoms with van der Waals surface area (Å²) in [7, 11) is 0. The quantitative estimate of drug-likeness (QED) is 0.752. The maximum atomic E-state index is 11.2. The summed E-state index contributed by atoms with van der Waals surface area (Å²) in [6, 6.07) is 1.30. The van der Waals surface area contributed by atoms with Crippen molar-refractivity contribution in [3.05, 3.63) is 0 Å². The van der Waals surface area contributed by atoms with Gasteiger partial charge in [0.25, 0.3) is 0 Å². The first kappa shape index (κ1) is 11.5. The van der Waals surface area contributed by atoms with Crippen LogP contribution in [0, 0.1) is 11.8 Å². The van der Waals surface area contributed by atoms with Crippen LogP contribution < -0.4 is 5.32 Å². The van der Waals surface area contributed by atoms with Crippen molar-refractivity contribution in [2.24, 2.45) is 11.8 Å². The molecule has 96 valence electrons. The Morgan fingerprint density at radius 1 is 1.12 bits per heavy atom. The third-order valence-electron chi connectivity index (χ3n) is 5.01. The number of nitrogens with zero attached hydrogens (tertiary/aromatic N) is 1. The van der Waals surface area contributed by atoms with Crippen molar-refractivity contribution in [3.63, 3.8) is 0 Å². The van der Waals surface area contributed by atoms with Crippen LogP contribution in [0.4, 0.5) is 0 Å². The van der Waals surface area contributed by atoms with Crippen molar-refractivity contribution >= 4 is 5.91 Å². The predicted octanol–water partition coefficient (Wildman–Crippen LogP) is 1.78. The zero-order valence-electron chi connectivity index (χ0n) is 10.8. The molecule has 17 heavy (non-hydrogen) atoms. The Morgan fingerprint density at radius 3 is 2.24 bits per heavy atom. The molecule has 0 bridgehead atoms. The van der Waals surface area contributed by atoms with Gasteiger partial charge in [0.05, 0.1) is 0 Å². The first-order valence-corrected chi connectivity index (χ1v) is 7.25. The van der Waals surface area contributed by atoms with Crippen LogP contribution >= 0.6 is 0 Å². The number of carbonyl (C=O) groups excluding carboxylic acids is 1. The van der Waals surface area contributed by atoms with Gasteiger partial charge in [-0.15, -0.1) is 0 Å². The van der Waals surface area contributed by atoms with Gasteiger partial charge in [0, 0.05) is 19.0 Å². The molecule has 2 saturated heterocycles. The van der Waals surface area contributed by atoms with E-state index in [0.717, 1.165) is 17.9 Å². The molecular formula is C14H24N2O. The highest BCUT2D eigenvalue weighted by Gasteiger charge is 2.44. The van der Waals surface area contributed by atoms with Crippen LogP contribution in [0.5, 0.6) is 0 Å². The van der Waals surface area contributed by atoms with E-state index in [1.807, 2.05) is 0 Å². The third kappa shape index (κ3) is 2.22. The normalized spacial score (nSPS) is 41.7.